The van der Waals surface area contributed by atoms with Crippen LogP contribution in [0.15, 0.2) is 97.1 Å². The smallest absolute Gasteiger partial charge is 0.145 e. The molecule has 0 aliphatic heterocycles. The number of benzene rings is 4. The van der Waals surface area contributed by atoms with E-state index < -0.39 is 0 Å². The van der Waals surface area contributed by atoms with Crippen LogP contribution in [0.3, 0.4) is 0 Å². The molecule has 0 fully saturated rings. The summed E-state index contributed by atoms with van der Waals surface area (Å²) in [5.41, 5.74) is 9.43. The largest absolute Gasteiger partial charge is 0.292 e. The van der Waals surface area contributed by atoms with E-state index in [-0.39, 0.29) is 0 Å². The van der Waals surface area contributed by atoms with Crippen molar-refractivity contribution in [2.24, 2.45) is 0 Å². The summed E-state index contributed by atoms with van der Waals surface area (Å²) in [5.74, 6) is 0.977. The predicted molar refractivity (Wildman–Crippen MR) is 121 cm³/mol. The molecular formula is C27H22N2. The monoisotopic (exact) mass is 374 g/mol. The van der Waals surface area contributed by atoms with Crippen molar-refractivity contribution in [2.45, 2.75) is 13.8 Å². The minimum atomic E-state index is 0.977. The summed E-state index contributed by atoms with van der Waals surface area (Å²) < 4.78 is 2.31. The minimum absolute atomic E-state index is 0.977. The molecule has 0 N–H and O–H groups in total. The van der Waals surface area contributed by atoms with Gasteiger partial charge in [0, 0.05) is 5.56 Å². The highest BCUT2D eigenvalue weighted by atomic mass is 15.1. The summed E-state index contributed by atoms with van der Waals surface area (Å²) in [4.78, 5) is 4.99. The molecule has 4 aromatic carbocycles. The molecule has 5 aromatic rings. The van der Waals surface area contributed by atoms with Crippen LogP contribution in [0, 0.1) is 13.8 Å². The van der Waals surface area contributed by atoms with Crippen LogP contribution in [0.4, 0.5) is 0 Å². The van der Waals surface area contributed by atoms with Gasteiger partial charge in [0.05, 0.1) is 16.7 Å². The van der Waals surface area contributed by atoms with E-state index in [1.54, 1.807) is 0 Å². The van der Waals surface area contributed by atoms with E-state index in [1.165, 1.54) is 27.9 Å². The lowest BCUT2D eigenvalue weighted by Gasteiger charge is -2.17. The summed E-state index contributed by atoms with van der Waals surface area (Å²) >= 11 is 0. The van der Waals surface area contributed by atoms with Crippen molar-refractivity contribution < 1.29 is 0 Å². The second-order valence-corrected chi connectivity index (χ2v) is 7.45. The Bertz CT molecular complexity index is 1280. The van der Waals surface area contributed by atoms with Crippen LogP contribution in [0.2, 0.25) is 0 Å². The van der Waals surface area contributed by atoms with E-state index in [0.717, 1.165) is 22.4 Å². The topological polar surface area (TPSA) is 17.8 Å². The number of aryl methyl sites for hydroxylation is 2. The van der Waals surface area contributed by atoms with Crippen LogP contribution in [-0.2, 0) is 0 Å². The lowest BCUT2D eigenvalue weighted by molar-refractivity contribution is 1.06. The molecule has 5 rings (SSSR count). The zero-order valence-corrected chi connectivity index (χ0v) is 16.6. The van der Waals surface area contributed by atoms with E-state index in [4.69, 9.17) is 4.98 Å². The molecule has 0 radical (unpaired) electrons. The van der Waals surface area contributed by atoms with Crippen molar-refractivity contribution in [1.82, 2.24) is 9.55 Å². The van der Waals surface area contributed by atoms with Gasteiger partial charge in [-0.1, -0.05) is 72.8 Å². The fourth-order valence-electron chi connectivity index (χ4n) is 4.14. The molecule has 2 nitrogen and oxygen atoms in total. The Morgan fingerprint density at radius 1 is 0.586 bits per heavy atom. The molecule has 1 heterocycles. The highest BCUT2D eigenvalue weighted by molar-refractivity contribution is 5.84. The van der Waals surface area contributed by atoms with E-state index in [2.05, 4.69) is 103 Å². The first-order valence-corrected chi connectivity index (χ1v) is 9.92. The third-order valence-corrected chi connectivity index (χ3v) is 5.41. The molecule has 0 saturated heterocycles. The maximum absolute atomic E-state index is 4.99. The van der Waals surface area contributed by atoms with Crippen molar-refractivity contribution in [3.63, 3.8) is 0 Å². The van der Waals surface area contributed by atoms with Crippen LogP contribution in [0.25, 0.3) is 39.2 Å². The van der Waals surface area contributed by atoms with Crippen molar-refractivity contribution >= 4 is 11.0 Å². The van der Waals surface area contributed by atoms with Crippen molar-refractivity contribution in [3.8, 4) is 28.2 Å². The van der Waals surface area contributed by atoms with E-state index >= 15 is 0 Å². The van der Waals surface area contributed by atoms with Gasteiger partial charge in [-0.2, -0.15) is 0 Å². The van der Waals surface area contributed by atoms with Gasteiger partial charge in [-0.05, 0) is 60.4 Å². The fourth-order valence-corrected chi connectivity index (χ4v) is 4.14. The maximum atomic E-state index is 4.99. The third kappa shape index (κ3) is 3.03. The van der Waals surface area contributed by atoms with Crippen LogP contribution in [0.1, 0.15) is 11.1 Å². The molecule has 29 heavy (non-hydrogen) atoms. The minimum Gasteiger partial charge on any atom is -0.292 e. The van der Waals surface area contributed by atoms with Crippen LogP contribution in [0.5, 0.6) is 0 Å². The summed E-state index contributed by atoms with van der Waals surface area (Å²) in [6.07, 6.45) is 0. The lowest BCUT2D eigenvalue weighted by Crippen LogP contribution is -2.03. The summed E-state index contributed by atoms with van der Waals surface area (Å²) in [5, 5.41) is 0. The molecule has 0 aliphatic carbocycles. The number of imidazole rings is 1. The number of fused-ring (bicyclic) bond motifs is 1. The molecule has 0 saturated carbocycles. The molecule has 0 atom stereocenters. The summed E-state index contributed by atoms with van der Waals surface area (Å²) in [7, 11) is 0. The zero-order valence-electron chi connectivity index (χ0n) is 16.6. The second-order valence-electron chi connectivity index (χ2n) is 7.45. The molecule has 0 aliphatic rings. The van der Waals surface area contributed by atoms with Gasteiger partial charge in [-0.3, -0.25) is 4.57 Å². The van der Waals surface area contributed by atoms with Crippen LogP contribution < -0.4 is 0 Å². The number of hydrogen-bond donors (Lipinski definition) is 0. The molecule has 0 unspecified atom stereocenters. The van der Waals surface area contributed by atoms with Gasteiger partial charge in [0.1, 0.15) is 5.82 Å². The van der Waals surface area contributed by atoms with Gasteiger partial charge in [-0.25, -0.2) is 4.98 Å². The standard InChI is InChI=1S/C27H22N2/c1-19-17-23(21-11-5-3-6-12-21)18-20(2)26(19)29-25-16-10-9-15-24(25)28-27(29)22-13-7-4-8-14-22/h3-18H,1-2H3. The number of aromatic nitrogens is 2. The first kappa shape index (κ1) is 17.4. The molecule has 140 valence electrons. The quantitative estimate of drug-likeness (QED) is 0.333. The molecular weight excluding hydrogens is 352 g/mol. The molecule has 0 bridgehead atoms. The molecule has 0 spiro atoms. The number of para-hydroxylation sites is 2. The van der Waals surface area contributed by atoms with Crippen molar-refractivity contribution in [3.05, 3.63) is 108 Å². The Hall–Kier alpha value is -3.65. The van der Waals surface area contributed by atoms with Crippen LogP contribution in [-0.4, -0.2) is 9.55 Å². The van der Waals surface area contributed by atoms with E-state index in [0.29, 0.717) is 0 Å². The van der Waals surface area contributed by atoms with Crippen molar-refractivity contribution in [2.75, 3.05) is 0 Å². The predicted octanol–water partition coefficient (Wildman–Crippen LogP) is 6.98. The van der Waals surface area contributed by atoms with Crippen LogP contribution >= 0.6 is 0 Å². The SMILES string of the molecule is Cc1cc(-c2ccccc2)cc(C)c1-n1c(-c2ccccc2)nc2ccccc21. The van der Waals surface area contributed by atoms with Gasteiger partial charge < -0.3 is 0 Å². The van der Waals surface area contributed by atoms with E-state index in [1.807, 2.05) is 12.1 Å². The van der Waals surface area contributed by atoms with Gasteiger partial charge >= 0.3 is 0 Å². The Kier molecular flexibility index (Phi) is 4.25. The van der Waals surface area contributed by atoms with Gasteiger partial charge in [-0.15, -0.1) is 0 Å². The normalized spacial score (nSPS) is 11.1. The average Bonchev–Trinajstić information content (AvgIpc) is 3.14. The summed E-state index contributed by atoms with van der Waals surface area (Å²) in [6.45, 7) is 4.39. The first-order chi connectivity index (χ1) is 14.2. The van der Waals surface area contributed by atoms with Gasteiger partial charge in [0.15, 0.2) is 0 Å². The fraction of sp³-hybridized carbons (Fsp3) is 0.0741. The molecule has 2 heteroatoms. The second kappa shape index (κ2) is 7.06. The number of rotatable bonds is 3. The van der Waals surface area contributed by atoms with Gasteiger partial charge in [0.2, 0.25) is 0 Å². The highest BCUT2D eigenvalue weighted by Crippen LogP contribution is 2.34. The highest BCUT2D eigenvalue weighted by Gasteiger charge is 2.17. The maximum Gasteiger partial charge on any atom is 0.145 e. The Balaban J connectivity index is 1.78. The van der Waals surface area contributed by atoms with E-state index in [9.17, 15) is 0 Å². The number of nitrogens with zero attached hydrogens (tertiary/aromatic N) is 2. The number of hydrogen-bond acceptors (Lipinski definition) is 1. The third-order valence-electron chi connectivity index (χ3n) is 5.41. The van der Waals surface area contributed by atoms with Gasteiger partial charge in [0.25, 0.3) is 0 Å². The Labute approximate surface area is 171 Å². The Morgan fingerprint density at radius 3 is 1.79 bits per heavy atom. The van der Waals surface area contributed by atoms with Crippen molar-refractivity contribution in [1.29, 1.82) is 0 Å². The Morgan fingerprint density at radius 2 is 1.14 bits per heavy atom. The first-order valence-electron chi connectivity index (χ1n) is 9.92. The summed E-state index contributed by atoms with van der Waals surface area (Å²) in [6, 6.07) is 33.9. The molecule has 0 amide bonds. The average molecular weight is 374 g/mol. The zero-order chi connectivity index (χ0) is 19.8. The lowest BCUT2D eigenvalue weighted by atomic mass is 9.98. The molecule has 1 aromatic heterocycles.